The number of ether oxygens (including phenoxy) is 1. The van der Waals surface area contributed by atoms with Gasteiger partial charge < -0.3 is 4.74 Å². The van der Waals surface area contributed by atoms with E-state index in [1.54, 1.807) is 12.1 Å². The predicted molar refractivity (Wildman–Crippen MR) is 68.8 cm³/mol. The van der Waals surface area contributed by atoms with E-state index in [0.29, 0.717) is 18.3 Å². The average Bonchev–Trinajstić information content (AvgIpc) is 2.29. The summed E-state index contributed by atoms with van der Waals surface area (Å²) in [7, 11) is 0. The van der Waals surface area contributed by atoms with Gasteiger partial charge >= 0.3 is 0 Å². The molecule has 0 heterocycles. The first-order valence-electron chi connectivity index (χ1n) is 5.55. The minimum absolute atomic E-state index is 0.0463. The second kappa shape index (κ2) is 7.29. The summed E-state index contributed by atoms with van der Waals surface area (Å²) in [4.78, 5) is 0. The summed E-state index contributed by atoms with van der Waals surface area (Å²) in [5, 5.41) is 9.57. The van der Waals surface area contributed by atoms with Crippen molar-refractivity contribution in [1.29, 1.82) is 5.26 Å². The Hall–Kier alpha value is -1.08. The average molecular weight is 300 g/mol. The zero-order valence-electron chi connectivity index (χ0n) is 9.75. The van der Waals surface area contributed by atoms with Gasteiger partial charge in [-0.05, 0) is 30.9 Å². The fourth-order valence-corrected chi connectivity index (χ4v) is 2.17. The highest BCUT2D eigenvalue weighted by atomic mass is 79.9. The van der Waals surface area contributed by atoms with E-state index in [-0.39, 0.29) is 5.56 Å². The number of nitriles is 1. The summed E-state index contributed by atoms with van der Waals surface area (Å²) in [6, 6.07) is 6.09. The lowest BCUT2D eigenvalue weighted by Gasteiger charge is -2.11. The molecular weight excluding hydrogens is 285 g/mol. The van der Waals surface area contributed by atoms with Crippen molar-refractivity contribution in [1.82, 2.24) is 0 Å². The lowest BCUT2D eigenvalue weighted by molar-refractivity contribution is 0.281. The third-order valence-electron chi connectivity index (χ3n) is 2.54. The van der Waals surface area contributed by atoms with E-state index in [0.717, 1.165) is 18.2 Å². The second-order valence-electron chi connectivity index (χ2n) is 3.97. The lowest BCUT2D eigenvalue weighted by atomic mass is 10.1. The van der Waals surface area contributed by atoms with E-state index in [2.05, 4.69) is 22.9 Å². The van der Waals surface area contributed by atoms with Gasteiger partial charge in [0.15, 0.2) is 0 Å². The highest BCUT2D eigenvalue weighted by Gasteiger charge is 2.05. The molecule has 0 saturated heterocycles. The first kappa shape index (κ1) is 14.0. The van der Waals surface area contributed by atoms with Gasteiger partial charge in [-0.1, -0.05) is 22.9 Å². The molecule has 1 aromatic rings. The van der Waals surface area contributed by atoms with Crippen LogP contribution in [0.5, 0.6) is 5.75 Å². The fourth-order valence-electron chi connectivity index (χ4n) is 1.38. The van der Waals surface area contributed by atoms with Crippen molar-refractivity contribution in [2.24, 2.45) is 5.92 Å². The third-order valence-corrected chi connectivity index (χ3v) is 3.00. The maximum atomic E-state index is 13.2. The number of hydrogen-bond acceptors (Lipinski definition) is 2. The number of nitrogens with zero attached hydrogens (tertiary/aromatic N) is 1. The Morgan fingerprint density at radius 2 is 2.24 bits per heavy atom. The van der Waals surface area contributed by atoms with Gasteiger partial charge in [-0.15, -0.1) is 0 Å². The van der Waals surface area contributed by atoms with Crippen LogP contribution in [0.15, 0.2) is 18.2 Å². The quantitative estimate of drug-likeness (QED) is 0.747. The predicted octanol–water partition coefficient (Wildman–Crippen LogP) is 3.89. The minimum Gasteiger partial charge on any atom is -0.493 e. The molecular formula is C13H15BrFNO. The molecule has 1 rings (SSSR count). The lowest BCUT2D eigenvalue weighted by Crippen LogP contribution is -2.05. The number of alkyl halides is 1. The van der Waals surface area contributed by atoms with E-state index in [9.17, 15) is 4.39 Å². The minimum atomic E-state index is -0.529. The van der Waals surface area contributed by atoms with Crippen LogP contribution in [0.3, 0.4) is 0 Å². The van der Waals surface area contributed by atoms with Crippen molar-refractivity contribution < 1.29 is 9.13 Å². The van der Waals surface area contributed by atoms with Gasteiger partial charge in [-0.3, -0.25) is 0 Å². The molecule has 0 aliphatic heterocycles. The maximum Gasteiger partial charge on any atom is 0.144 e. The van der Waals surface area contributed by atoms with Gasteiger partial charge in [-0.2, -0.15) is 5.26 Å². The smallest absolute Gasteiger partial charge is 0.144 e. The van der Waals surface area contributed by atoms with Crippen LogP contribution < -0.4 is 4.74 Å². The fraction of sp³-hybridized carbons (Fsp3) is 0.462. The summed E-state index contributed by atoms with van der Waals surface area (Å²) >= 11 is 3.39. The molecule has 1 unspecified atom stereocenters. The zero-order valence-corrected chi connectivity index (χ0v) is 11.3. The van der Waals surface area contributed by atoms with Crippen LogP contribution in [-0.2, 0) is 0 Å². The molecule has 0 amide bonds. The van der Waals surface area contributed by atoms with Gasteiger partial charge in [0.05, 0.1) is 12.2 Å². The van der Waals surface area contributed by atoms with Gasteiger partial charge in [0.2, 0.25) is 0 Å². The molecule has 4 heteroatoms. The molecule has 0 aliphatic carbocycles. The highest BCUT2D eigenvalue weighted by molar-refractivity contribution is 9.09. The number of benzene rings is 1. The number of rotatable bonds is 6. The third kappa shape index (κ3) is 4.74. The van der Waals surface area contributed by atoms with Crippen molar-refractivity contribution in [2.45, 2.75) is 19.8 Å². The SMILES string of the molecule is CC(CCBr)CCOc1ccc(C#N)c(F)c1. The number of hydrogen-bond donors (Lipinski definition) is 0. The van der Waals surface area contributed by atoms with Crippen LogP contribution in [0.25, 0.3) is 0 Å². The van der Waals surface area contributed by atoms with Crippen LogP contribution in [0, 0.1) is 23.1 Å². The maximum absolute atomic E-state index is 13.2. The van der Waals surface area contributed by atoms with Crippen LogP contribution in [-0.4, -0.2) is 11.9 Å². The van der Waals surface area contributed by atoms with Crippen LogP contribution in [0.1, 0.15) is 25.3 Å². The van der Waals surface area contributed by atoms with E-state index in [1.165, 1.54) is 12.1 Å². The van der Waals surface area contributed by atoms with Crippen molar-refractivity contribution >= 4 is 15.9 Å². The molecule has 17 heavy (non-hydrogen) atoms. The Balaban J connectivity index is 2.43. The normalized spacial score (nSPS) is 11.9. The van der Waals surface area contributed by atoms with Gasteiger partial charge in [0, 0.05) is 11.4 Å². The summed E-state index contributed by atoms with van der Waals surface area (Å²) in [5.41, 5.74) is 0.0463. The first-order chi connectivity index (χ1) is 8.17. The van der Waals surface area contributed by atoms with E-state index in [1.807, 2.05) is 0 Å². The standard InChI is InChI=1S/C13H15BrFNO/c1-10(4-6-14)5-7-17-12-3-2-11(9-16)13(15)8-12/h2-3,8,10H,4-7H2,1H3. The molecule has 1 atom stereocenters. The summed E-state index contributed by atoms with van der Waals surface area (Å²) < 4.78 is 18.7. The largest absolute Gasteiger partial charge is 0.493 e. The van der Waals surface area contributed by atoms with Gasteiger partial charge in [0.1, 0.15) is 17.6 Å². The van der Waals surface area contributed by atoms with Crippen molar-refractivity contribution in [3.63, 3.8) is 0 Å². The zero-order chi connectivity index (χ0) is 12.7. The molecule has 92 valence electrons. The van der Waals surface area contributed by atoms with Crippen molar-refractivity contribution in [3.05, 3.63) is 29.6 Å². The second-order valence-corrected chi connectivity index (χ2v) is 4.77. The Morgan fingerprint density at radius 3 is 2.82 bits per heavy atom. The van der Waals surface area contributed by atoms with Crippen LogP contribution in [0.2, 0.25) is 0 Å². The summed E-state index contributed by atoms with van der Waals surface area (Å²) in [6.07, 6.45) is 2.04. The summed E-state index contributed by atoms with van der Waals surface area (Å²) in [5.74, 6) is 0.531. The molecule has 1 aromatic carbocycles. The Kier molecular flexibility index (Phi) is 5.99. The topological polar surface area (TPSA) is 33.0 Å². The molecule has 0 spiro atoms. The Labute approximate surface area is 110 Å². The molecule has 0 aliphatic rings. The molecule has 2 nitrogen and oxygen atoms in total. The summed E-state index contributed by atoms with van der Waals surface area (Å²) in [6.45, 7) is 2.73. The first-order valence-corrected chi connectivity index (χ1v) is 6.68. The van der Waals surface area contributed by atoms with Crippen LogP contribution >= 0.6 is 15.9 Å². The Bertz CT molecular complexity index is 403. The molecule has 0 bridgehead atoms. The molecule has 0 N–H and O–H groups in total. The van der Waals surface area contributed by atoms with Gasteiger partial charge in [-0.25, -0.2) is 4.39 Å². The molecule has 0 radical (unpaired) electrons. The Morgan fingerprint density at radius 1 is 1.47 bits per heavy atom. The highest BCUT2D eigenvalue weighted by Crippen LogP contribution is 2.17. The van der Waals surface area contributed by atoms with Gasteiger partial charge in [0.25, 0.3) is 0 Å². The molecule has 0 fully saturated rings. The monoisotopic (exact) mass is 299 g/mol. The molecule has 0 saturated carbocycles. The number of halogens is 2. The van der Waals surface area contributed by atoms with Crippen molar-refractivity contribution in [3.8, 4) is 11.8 Å². The van der Waals surface area contributed by atoms with E-state index < -0.39 is 5.82 Å². The van der Waals surface area contributed by atoms with Crippen LogP contribution in [0.4, 0.5) is 4.39 Å². The van der Waals surface area contributed by atoms with E-state index in [4.69, 9.17) is 10.00 Å². The molecule has 0 aromatic heterocycles. The van der Waals surface area contributed by atoms with Crippen molar-refractivity contribution in [2.75, 3.05) is 11.9 Å². The van der Waals surface area contributed by atoms with E-state index >= 15 is 0 Å².